The van der Waals surface area contributed by atoms with Crippen molar-refractivity contribution in [3.05, 3.63) is 33.3 Å². The van der Waals surface area contributed by atoms with E-state index < -0.39 is 11.4 Å². The zero-order valence-electron chi connectivity index (χ0n) is 10.7. The molecule has 1 saturated carbocycles. The van der Waals surface area contributed by atoms with E-state index in [1.54, 1.807) is 11.0 Å². The van der Waals surface area contributed by atoms with Crippen LogP contribution in [0.25, 0.3) is 0 Å². The van der Waals surface area contributed by atoms with E-state index in [1.165, 1.54) is 0 Å². The standard InChI is InChI=1S/C14H13Cl2NO3/c15-9-5-8-1-4-17(7-10(8)11(16)6-9)12(18)14(2-3-14)13(19)20/h5-6H,1-4,7H2,(H,19,20). The van der Waals surface area contributed by atoms with Crippen molar-refractivity contribution < 1.29 is 14.7 Å². The van der Waals surface area contributed by atoms with Crippen LogP contribution in [0.2, 0.25) is 10.0 Å². The first-order valence-electron chi connectivity index (χ1n) is 6.43. The third-order valence-electron chi connectivity index (χ3n) is 4.11. The van der Waals surface area contributed by atoms with Crippen LogP contribution in [-0.2, 0) is 22.6 Å². The largest absolute Gasteiger partial charge is 0.480 e. The van der Waals surface area contributed by atoms with Gasteiger partial charge in [-0.3, -0.25) is 9.59 Å². The first-order valence-corrected chi connectivity index (χ1v) is 7.19. The number of carboxylic acids is 1. The van der Waals surface area contributed by atoms with Crippen molar-refractivity contribution in [3.8, 4) is 0 Å². The summed E-state index contributed by atoms with van der Waals surface area (Å²) in [5, 5.41) is 10.3. The molecule has 1 N–H and O–H groups in total. The number of hydrogen-bond donors (Lipinski definition) is 1. The first kappa shape index (κ1) is 13.7. The van der Waals surface area contributed by atoms with Crippen molar-refractivity contribution in [2.24, 2.45) is 5.41 Å². The third-order valence-corrected chi connectivity index (χ3v) is 4.66. The molecule has 6 heteroatoms. The number of carboxylic acid groups (broad SMARTS) is 1. The van der Waals surface area contributed by atoms with Crippen LogP contribution in [0.5, 0.6) is 0 Å². The maximum Gasteiger partial charge on any atom is 0.319 e. The van der Waals surface area contributed by atoms with Crippen LogP contribution in [0.15, 0.2) is 12.1 Å². The number of fused-ring (bicyclic) bond motifs is 1. The molecule has 1 aliphatic carbocycles. The quantitative estimate of drug-likeness (QED) is 0.854. The monoisotopic (exact) mass is 313 g/mol. The molecule has 1 amide bonds. The van der Waals surface area contributed by atoms with E-state index in [0.717, 1.165) is 11.1 Å². The van der Waals surface area contributed by atoms with E-state index in [9.17, 15) is 14.7 Å². The van der Waals surface area contributed by atoms with Crippen LogP contribution in [0.3, 0.4) is 0 Å². The van der Waals surface area contributed by atoms with Crippen LogP contribution in [-0.4, -0.2) is 28.4 Å². The number of nitrogens with zero attached hydrogens (tertiary/aromatic N) is 1. The van der Waals surface area contributed by atoms with Crippen molar-refractivity contribution in [2.75, 3.05) is 6.54 Å². The zero-order valence-corrected chi connectivity index (χ0v) is 12.2. The third kappa shape index (κ3) is 2.07. The molecular formula is C14H13Cl2NO3. The molecule has 0 atom stereocenters. The fourth-order valence-corrected chi connectivity index (χ4v) is 3.30. The molecule has 4 nitrogen and oxygen atoms in total. The van der Waals surface area contributed by atoms with Crippen molar-refractivity contribution in [1.82, 2.24) is 4.90 Å². The maximum absolute atomic E-state index is 12.4. The molecule has 1 aromatic rings. The summed E-state index contributed by atoms with van der Waals surface area (Å²) in [5.74, 6) is -1.31. The predicted molar refractivity (Wildman–Crippen MR) is 74.9 cm³/mol. The van der Waals surface area contributed by atoms with Crippen molar-refractivity contribution >= 4 is 35.1 Å². The fraction of sp³-hybridized carbons (Fsp3) is 0.429. The number of benzene rings is 1. The average molecular weight is 314 g/mol. The van der Waals surface area contributed by atoms with Gasteiger partial charge >= 0.3 is 5.97 Å². The normalized spacial score (nSPS) is 19.4. The van der Waals surface area contributed by atoms with Gasteiger partial charge in [-0.25, -0.2) is 0 Å². The molecule has 0 radical (unpaired) electrons. The number of aliphatic carboxylic acids is 1. The number of carbonyl (C=O) groups excluding carboxylic acids is 1. The highest BCUT2D eigenvalue weighted by Crippen LogP contribution is 2.48. The lowest BCUT2D eigenvalue weighted by Gasteiger charge is -2.31. The summed E-state index contributed by atoms with van der Waals surface area (Å²) in [6.07, 6.45) is 1.51. The summed E-state index contributed by atoms with van der Waals surface area (Å²) in [4.78, 5) is 25.2. The topological polar surface area (TPSA) is 57.6 Å². The molecule has 3 rings (SSSR count). The van der Waals surface area contributed by atoms with Crippen LogP contribution in [0.4, 0.5) is 0 Å². The molecule has 1 heterocycles. The minimum absolute atomic E-state index is 0.290. The molecule has 0 spiro atoms. The summed E-state index contributed by atoms with van der Waals surface area (Å²) < 4.78 is 0. The summed E-state index contributed by atoms with van der Waals surface area (Å²) in [6, 6.07) is 3.51. The van der Waals surface area contributed by atoms with Gasteiger partial charge in [0.1, 0.15) is 5.41 Å². The molecule has 20 heavy (non-hydrogen) atoms. The summed E-state index contributed by atoms with van der Waals surface area (Å²) in [7, 11) is 0. The molecule has 106 valence electrons. The number of amides is 1. The number of carbonyl (C=O) groups is 2. The summed E-state index contributed by atoms with van der Waals surface area (Å²) in [6.45, 7) is 0.872. The van der Waals surface area contributed by atoms with E-state index in [4.69, 9.17) is 23.2 Å². The summed E-state index contributed by atoms with van der Waals surface area (Å²) in [5.41, 5.74) is 0.722. The van der Waals surface area contributed by atoms with Crippen LogP contribution in [0, 0.1) is 5.41 Å². The Kier molecular flexibility index (Phi) is 3.18. The Bertz CT molecular complexity index is 611. The van der Waals surface area contributed by atoms with Gasteiger partial charge in [0, 0.05) is 23.1 Å². The first-order chi connectivity index (χ1) is 9.44. The lowest BCUT2D eigenvalue weighted by atomic mass is 9.97. The van der Waals surface area contributed by atoms with E-state index in [-0.39, 0.29) is 5.91 Å². The fourth-order valence-electron chi connectivity index (χ4n) is 2.70. The molecular weight excluding hydrogens is 301 g/mol. The SMILES string of the molecule is O=C(O)C1(C(=O)N2CCc3cc(Cl)cc(Cl)c3C2)CC1. The number of rotatable bonds is 2. The van der Waals surface area contributed by atoms with E-state index in [2.05, 4.69) is 0 Å². The highest BCUT2D eigenvalue weighted by atomic mass is 35.5. The number of halogens is 2. The smallest absolute Gasteiger partial charge is 0.319 e. The van der Waals surface area contributed by atoms with Gasteiger partial charge in [-0.05, 0) is 42.5 Å². The second-order valence-electron chi connectivity index (χ2n) is 5.39. The molecule has 0 aromatic heterocycles. The second kappa shape index (κ2) is 4.64. The van der Waals surface area contributed by atoms with Gasteiger partial charge in [-0.15, -0.1) is 0 Å². The molecule has 1 fully saturated rings. The van der Waals surface area contributed by atoms with Gasteiger partial charge < -0.3 is 10.0 Å². The minimum atomic E-state index is -1.18. The van der Waals surface area contributed by atoms with E-state index in [1.807, 2.05) is 6.07 Å². The lowest BCUT2D eigenvalue weighted by Crippen LogP contribution is -2.43. The predicted octanol–water partition coefficient (Wildman–Crippen LogP) is 2.74. The minimum Gasteiger partial charge on any atom is -0.480 e. The molecule has 1 aromatic carbocycles. The van der Waals surface area contributed by atoms with Crippen LogP contribution in [0.1, 0.15) is 24.0 Å². The van der Waals surface area contributed by atoms with E-state index in [0.29, 0.717) is 42.4 Å². The Morgan fingerprint density at radius 3 is 2.55 bits per heavy atom. The van der Waals surface area contributed by atoms with Gasteiger partial charge in [0.2, 0.25) is 5.91 Å². The van der Waals surface area contributed by atoms with Gasteiger partial charge in [0.15, 0.2) is 0 Å². The Hall–Kier alpha value is -1.26. The zero-order chi connectivity index (χ0) is 14.5. The highest BCUT2D eigenvalue weighted by molar-refractivity contribution is 6.35. The van der Waals surface area contributed by atoms with Crippen LogP contribution < -0.4 is 0 Å². The maximum atomic E-state index is 12.4. The van der Waals surface area contributed by atoms with Gasteiger partial charge in [-0.1, -0.05) is 23.2 Å². The molecule has 1 aliphatic heterocycles. The van der Waals surface area contributed by atoms with Crippen molar-refractivity contribution in [3.63, 3.8) is 0 Å². The van der Waals surface area contributed by atoms with Crippen molar-refractivity contribution in [2.45, 2.75) is 25.8 Å². The number of hydrogen-bond acceptors (Lipinski definition) is 2. The Morgan fingerprint density at radius 1 is 1.25 bits per heavy atom. The Morgan fingerprint density at radius 2 is 1.95 bits per heavy atom. The molecule has 0 saturated heterocycles. The average Bonchev–Trinajstić information content (AvgIpc) is 3.19. The Labute approximate surface area is 126 Å². The summed E-state index contributed by atoms with van der Waals surface area (Å²) >= 11 is 12.1. The van der Waals surface area contributed by atoms with Gasteiger partial charge in [0.05, 0.1) is 0 Å². The Balaban J connectivity index is 1.86. The lowest BCUT2D eigenvalue weighted by molar-refractivity contribution is -0.153. The van der Waals surface area contributed by atoms with Gasteiger partial charge in [0.25, 0.3) is 0 Å². The highest BCUT2D eigenvalue weighted by Gasteiger charge is 2.58. The molecule has 0 unspecified atom stereocenters. The molecule has 0 bridgehead atoms. The molecule has 2 aliphatic rings. The van der Waals surface area contributed by atoms with E-state index >= 15 is 0 Å². The van der Waals surface area contributed by atoms with Crippen LogP contribution >= 0.6 is 23.2 Å². The van der Waals surface area contributed by atoms with Crippen molar-refractivity contribution in [1.29, 1.82) is 0 Å². The van der Waals surface area contributed by atoms with Gasteiger partial charge in [-0.2, -0.15) is 0 Å². The second-order valence-corrected chi connectivity index (χ2v) is 6.23.